The monoisotopic (exact) mass is 361 g/mol. The first-order valence-corrected chi connectivity index (χ1v) is 9.20. The first kappa shape index (κ1) is 18.0. The third kappa shape index (κ3) is 3.45. The van der Waals surface area contributed by atoms with Crippen LogP contribution < -0.4 is 5.32 Å². The van der Waals surface area contributed by atoms with Crippen LogP contribution in [0, 0.1) is 23.7 Å². The fourth-order valence-corrected chi connectivity index (χ4v) is 4.96. The van der Waals surface area contributed by atoms with Gasteiger partial charge in [0.15, 0.2) is 0 Å². The minimum Gasteiger partial charge on any atom is -0.481 e. The lowest BCUT2D eigenvalue weighted by atomic mass is 9.78. The lowest BCUT2D eigenvalue weighted by Crippen LogP contribution is -2.41. The molecule has 0 aliphatic heterocycles. The van der Waals surface area contributed by atoms with Gasteiger partial charge in [0.2, 0.25) is 5.91 Å². The van der Waals surface area contributed by atoms with Gasteiger partial charge in [0.05, 0.1) is 11.8 Å². The highest BCUT2D eigenvalue weighted by atomic mass is 35.5. The van der Waals surface area contributed by atoms with Crippen molar-refractivity contribution in [2.24, 2.45) is 23.7 Å². The largest absolute Gasteiger partial charge is 0.481 e. The summed E-state index contributed by atoms with van der Waals surface area (Å²) in [4.78, 5) is 24.5. The van der Waals surface area contributed by atoms with Gasteiger partial charge >= 0.3 is 5.97 Å². The molecule has 0 saturated heterocycles. The maximum Gasteiger partial charge on any atom is 0.307 e. The quantitative estimate of drug-likeness (QED) is 0.786. The summed E-state index contributed by atoms with van der Waals surface area (Å²) >= 11 is 5.97. The fraction of sp³-hybridized carbons (Fsp3) is 0.500. The number of amides is 1. The molecule has 134 valence electrons. The van der Waals surface area contributed by atoms with Crippen molar-refractivity contribution in [1.29, 1.82) is 0 Å². The Morgan fingerprint density at radius 1 is 1.20 bits per heavy atom. The van der Waals surface area contributed by atoms with Gasteiger partial charge in [-0.1, -0.05) is 34.9 Å². The minimum absolute atomic E-state index is 0.0242. The molecule has 4 nitrogen and oxygen atoms in total. The topological polar surface area (TPSA) is 66.4 Å². The number of carbonyl (C=O) groups is 2. The van der Waals surface area contributed by atoms with E-state index in [9.17, 15) is 14.7 Å². The van der Waals surface area contributed by atoms with E-state index in [2.05, 4.69) is 5.32 Å². The molecule has 0 spiro atoms. The van der Waals surface area contributed by atoms with Gasteiger partial charge in [-0.3, -0.25) is 9.59 Å². The van der Waals surface area contributed by atoms with Crippen LogP contribution in [0.3, 0.4) is 0 Å². The van der Waals surface area contributed by atoms with Crippen molar-refractivity contribution in [3.05, 3.63) is 46.0 Å². The third-order valence-electron chi connectivity index (χ3n) is 5.61. The lowest BCUT2D eigenvalue weighted by molar-refractivity contribution is -0.149. The van der Waals surface area contributed by atoms with Crippen LogP contribution in [0.1, 0.15) is 32.3 Å². The SMILES string of the molecule is CC(C)=C1[C@@H]2CC[C@@H]1[C@@H](C(=O)NCCc1cccc(Cl)c1)[C@@H]2C(=O)O. The summed E-state index contributed by atoms with van der Waals surface area (Å²) in [5.41, 5.74) is 3.44. The summed E-state index contributed by atoms with van der Waals surface area (Å²) in [6.45, 7) is 4.54. The zero-order valence-corrected chi connectivity index (χ0v) is 15.3. The first-order valence-electron chi connectivity index (χ1n) is 8.82. The Hall–Kier alpha value is -1.81. The highest BCUT2D eigenvalue weighted by Crippen LogP contribution is 2.57. The predicted octanol–water partition coefficient (Wildman–Crippen LogP) is 3.69. The second-order valence-electron chi connectivity index (χ2n) is 7.31. The molecule has 0 aromatic heterocycles. The number of hydrogen-bond acceptors (Lipinski definition) is 2. The molecular formula is C20H24ClNO3. The van der Waals surface area contributed by atoms with Gasteiger partial charge in [-0.2, -0.15) is 0 Å². The van der Waals surface area contributed by atoms with Gasteiger partial charge in [-0.25, -0.2) is 0 Å². The summed E-state index contributed by atoms with van der Waals surface area (Å²) in [7, 11) is 0. The third-order valence-corrected chi connectivity index (χ3v) is 5.84. The van der Waals surface area contributed by atoms with Crippen molar-refractivity contribution in [2.75, 3.05) is 6.54 Å². The van der Waals surface area contributed by atoms with Crippen molar-refractivity contribution in [3.63, 3.8) is 0 Å². The molecule has 4 atom stereocenters. The fourth-order valence-electron chi connectivity index (χ4n) is 4.75. The van der Waals surface area contributed by atoms with Gasteiger partial charge < -0.3 is 10.4 Å². The van der Waals surface area contributed by atoms with Crippen molar-refractivity contribution < 1.29 is 14.7 Å². The second kappa shape index (κ2) is 7.20. The minimum atomic E-state index is -0.846. The number of hydrogen-bond donors (Lipinski definition) is 2. The Kier molecular flexibility index (Phi) is 5.19. The number of carboxylic acids is 1. The number of allylic oxidation sites excluding steroid dienone is 2. The van der Waals surface area contributed by atoms with Crippen LogP contribution in [-0.2, 0) is 16.0 Å². The molecular weight excluding hydrogens is 338 g/mol. The Morgan fingerprint density at radius 3 is 2.48 bits per heavy atom. The highest BCUT2D eigenvalue weighted by Gasteiger charge is 2.57. The van der Waals surface area contributed by atoms with Gasteiger partial charge in [0.25, 0.3) is 0 Å². The van der Waals surface area contributed by atoms with E-state index in [1.165, 1.54) is 11.1 Å². The average molecular weight is 362 g/mol. The van der Waals surface area contributed by atoms with E-state index in [-0.39, 0.29) is 17.7 Å². The number of benzene rings is 1. The van der Waals surface area contributed by atoms with Crippen molar-refractivity contribution in [1.82, 2.24) is 5.32 Å². The van der Waals surface area contributed by atoms with Crippen LogP contribution in [0.25, 0.3) is 0 Å². The summed E-state index contributed by atoms with van der Waals surface area (Å²) in [5.74, 6) is -1.89. The molecule has 1 amide bonds. The predicted molar refractivity (Wildman–Crippen MR) is 97.4 cm³/mol. The van der Waals surface area contributed by atoms with Crippen LogP contribution in [-0.4, -0.2) is 23.5 Å². The van der Waals surface area contributed by atoms with Crippen molar-refractivity contribution >= 4 is 23.5 Å². The molecule has 2 aliphatic rings. The molecule has 2 N–H and O–H groups in total. The van der Waals surface area contributed by atoms with Gasteiger partial charge in [-0.05, 0) is 62.6 Å². The second-order valence-corrected chi connectivity index (χ2v) is 7.74. The van der Waals surface area contributed by atoms with E-state index in [1.54, 1.807) is 0 Å². The maximum absolute atomic E-state index is 12.8. The molecule has 1 aromatic carbocycles. The number of fused-ring (bicyclic) bond motifs is 2. The smallest absolute Gasteiger partial charge is 0.307 e. The molecule has 2 fully saturated rings. The van der Waals surface area contributed by atoms with Crippen LogP contribution in [0.15, 0.2) is 35.4 Å². The van der Waals surface area contributed by atoms with E-state index in [0.29, 0.717) is 18.0 Å². The summed E-state index contributed by atoms with van der Waals surface area (Å²) < 4.78 is 0. The number of aliphatic carboxylic acids is 1. The van der Waals surface area contributed by atoms with Crippen molar-refractivity contribution in [2.45, 2.75) is 33.1 Å². The molecule has 3 rings (SSSR count). The molecule has 0 unspecified atom stereocenters. The molecule has 0 heterocycles. The normalized spacial score (nSPS) is 27.4. The molecule has 1 aromatic rings. The summed E-state index contributed by atoms with van der Waals surface area (Å²) in [6, 6.07) is 7.55. The van der Waals surface area contributed by atoms with Crippen LogP contribution in [0.2, 0.25) is 5.02 Å². The van der Waals surface area contributed by atoms with Crippen LogP contribution >= 0.6 is 11.6 Å². The molecule has 25 heavy (non-hydrogen) atoms. The zero-order chi connectivity index (χ0) is 18.1. The van der Waals surface area contributed by atoms with E-state index in [1.807, 2.05) is 38.1 Å². The Labute approximate surface area is 153 Å². The van der Waals surface area contributed by atoms with E-state index < -0.39 is 17.8 Å². The van der Waals surface area contributed by atoms with Gasteiger partial charge in [0, 0.05) is 11.6 Å². The standard InChI is InChI=1S/C20H24ClNO3/c1-11(2)16-14-6-7-15(16)18(20(24)25)17(14)19(23)22-9-8-12-4-3-5-13(21)10-12/h3-5,10,14-15,17-18H,6-9H2,1-2H3,(H,22,23)(H,24,25)/t14-,15-,17+,18+/m0/s1. The highest BCUT2D eigenvalue weighted by molar-refractivity contribution is 6.30. The number of halogens is 1. The summed E-state index contributed by atoms with van der Waals surface area (Å²) in [5, 5.41) is 13.3. The van der Waals surface area contributed by atoms with Crippen molar-refractivity contribution in [3.8, 4) is 0 Å². The number of carboxylic acid groups (broad SMARTS) is 1. The average Bonchev–Trinajstić information content (AvgIpc) is 3.10. The first-order chi connectivity index (χ1) is 11.9. The van der Waals surface area contributed by atoms with E-state index >= 15 is 0 Å². The van der Waals surface area contributed by atoms with E-state index in [0.717, 1.165) is 18.4 Å². The Balaban J connectivity index is 1.68. The Morgan fingerprint density at radius 2 is 1.88 bits per heavy atom. The number of carbonyl (C=O) groups excluding carboxylic acids is 1. The van der Waals surface area contributed by atoms with Crippen LogP contribution in [0.4, 0.5) is 0 Å². The number of rotatable bonds is 5. The molecule has 2 saturated carbocycles. The Bertz CT molecular complexity index is 723. The molecule has 0 radical (unpaired) electrons. The van der Waals surface area contributed by atoms with E-state index in [4.69, 9.17) is 11.6 Å². The number of nitrogens with one attached hydrogen (secondary N) is 1. The molecule has 5 heteroatoms. The molecule has 2 aliphatic carbocycles. The summed E-state index contributed by atoms with van der Waals surface area (Å²) in [6.07, 6.45) is 2.48. The lowest BCUT2D eigenvalue weighted by Gasteiger charge is -2.26. The molecule has 2 bridgehead atoms. The maximum atomic E-state index is 12.8. The van der Waals surface area contributed by atoms with Gasteiger partial charge in [-0.15, -0.1) is 0 Å². The zero-order valence-electron chi connectivity index (χ0n) is 14.6. The van der Waals surface area contributed by atoms with Crippen LogP contribution in [0.5, 0.6) is 0 Å². The van der Waals surface area contributed by atoms with Gasteiger partial charge in [0.1, 0.15) is 0 Å².